The van der Waals surface area contributed by atoms with Crippen molar-refractivity contribution in [2.24, 2.45) is 0 Å². The van der Waals surface area contributed by atoms with Gasteiger partial charge in [-0.3, -0.25) is 19.0 Å². The fraction of sp³-hybridized carbons (Fsp3) is 0.368. The van der Waals surface area contributed by atoms with Gasteiger partial charge in [0.2, 0.25) is 10.0 Å². The van der Waals surface area contributed by atoms with E-state index in [2.05, 4.69) is 9.88 Å². The Balaban J connectivity index is 1.57. The van der Waals surface area contributed by atoms with Gasteiger partial charge in [-0.05, 0) is 36.4 Å². The van der Waals surface area contributed by atoms with Gasteiger partial charge in [0, 0.05) is 51.5 Å². The fourth-order valence-electron chi connectivity index (χ4n) is 3.02. The topological polar surface area (TPSA) is 73.8 Å². The van der Waals surface area contributed by atoms with Crippen LogP contribution in [0.15, 0.2) is 48.7 Å². The van der Waals surface area contributed by atoms with E-state index in [1.54, 1.807) is 30.5 Å². The number of anilines is 1. The summed E-state index contributed by atoms with van der Waals surface area (Å²) in [6.07, 6.45) is 2.94. The van der Waals surface area contributed by atoms with Crippen molar-refractivity contribution in [2.75, 3.05) is 43.8 Å². The molecule has 27 heavy (non-hydrogen) atoms. The minimum absolute atomic E-state index is 0.0268. The predicted octanol–water partition coefficient (Wildman–Crippen LogP) is 1.44. The zero-order valence-corrected chi connectivity index (χ0v) is 16.4. The van der Waals surface area contributed by atoms with Gasteiger partial charge in [0.15, 0.2) is 0 Å². The second-order valence-corrected chi connectivity index (χ2v) is 8.68. The third kappa shape index (κ3) is 4.84. The molecule has 1 aromatic carbocycles. The Morgan fingerprint density at radius 3 is 2.30 bits per heavy atom. The Hall–Kier alpha value is -2.45. The van der Waals surface area contributed by atoms with Crippen molar-refractivity contribution < 1.29 is 13.2 Å². The molecule has 1 aliphatic rings. The standard InChI is InChI=1S/C19H24N4O3S/c1-21(27(2,25)26)18-8-6-16(7-9-18)19(24)23-13-11-22(12-14-23)15-17-5-3-4-10-20-17/h3-10H,11-15H2,1-2H3. The number of sulfonamides is 1. The van der Waals surface area contributed by atoms with Gasteiger partial charge < -0.3 is 4.90 Å². The summed E-state index contributed by atoms with van der Waals surface area (Å²) in [4.78, 5) is 21.2. The number of hydrogen-bond donors (Lipinski definition) is 0. The summed E-state index contributed by atoms with van der Waals surface area (Å²) in [6, 6.07) is 12.6. The van der Waals surface area contributed by atoms with Gasteiger partial charge in [0.05, 0.1) is 17.6 Å². The van der Waals surface area contributed by atoms with Crippen molar-refractivity contribution in [3.8, 4) is 0 Å². The normalized spacial score (nSPS) is 15.6. The number of pyridine rings is 1. The Bertz CT molecular complexity index is 877. The van der Waals surface area contributed by atoms with Gasteiger partial charge in [-0.2, -0.15) is 0 Å². The molecule has 1 fully saturated rings. The molecule has 0 bridgehead atoms. The molecule has 7 nitrogen and oxygen atoms in total. The lowest BCUT2D eigenvalue weighted by atomic mass is 10.1. The van der Waals surface area contributed by atoms with Crippen molar-refractivity contribution in [3.05, 3.63) is 59.9 Å². The third-order valence-corrected chi connectivity index (χ3v) is 5.95. The maximum atomic E-state index is 12.7. The van der Waals surface area contributed by atoms with E-state index < -0.39 is 10.0 Å². The monoisotopic (exact) mass is 388 g/mol. The van der Waals surface area contributed by atoms with Crippen LogP contribution in [0.2, 0.25) is 0 Å². The Kier molecular flexibility index (Phi) is 5.76. The van der Waals surface area contributed by atoms with Gasteiger partial charge >= 0.3 is 0 Å². The molecule has 1 aromatic heterocycles. The number of nitrogens with zero attached hydrogens (tertiary/aromatic N) is 4. The van der Waals surface area contributed by atoms with Crippen LogP contribution in [0.5, 0.6) is 0 Å². The first-order valence-corrected chi connectivity index (χ1v) is 10.6. The molecule has 0 saturated carbocycles. The first kappa shape index (κ1) is 19.3. The Morgan fingerprint density at radius 1 is 1.07 bits per heavy atom. The highest BCUT2D eigenvalue weighted by molar-refractivity contribution is 7.92. The molecule has 0 radical (unpaired) electrons. The predicted molar refractivity (Wildman–Crippen MR) is 105 cm³/mol. The molecule has 2 heterocycles. The van der Waals surface area contributed by atoms with Crippen molar-refractivity contribution in [2.45, 2.75) is 6.54 Å². The van der Waals surface area contributed by atoms with Crippen LogP contribution in [0, 0.1) is 0 Å². The summed E-state index contributed by atoms with van der Waals surface area (Å²) in [5.74, 6) is -0.0268. The van der Waals surface area contributed by atoms with E-state index in [1.807, 2.05) is 23.1 Å². The number of benzene rings is 1. The van der Waals surface area contributed by atoms with Crippen molar-refractivity contribution in [1.82, 2.24) is 14.8 Å². The van der Waals surface area contributed by atoms with E-state index in [4.69, 9.17) is 0 Å². The molecule has 0 atom stereocenters. The van der Waals surface area contributed by atoms with Gasteiger partial charge in [0.25, 0.3) is 5.91 Å². The highest BCUT2D eigenvalue weighted by Gasteiger charge is 2.22. The van der Waals surface area contributed by atoms with E-state index in [9.17, 15) is 13.2 Å². The van der Waals surface area contributed by atoms with Crippen LogP contribution in [0.3, 0.4) is 0 Å². The van der Waals surface area contributed by atoms with Crippen molar-refractivity contribution in [3.63, 3.8) is 0 Å². The Morgan fingerprint density at radius 2 is 1.74 bits per heavy atom. The van der Waals surface area contributed by atoms with Crippen LogP contribution in [0.25, 0.3) is 0 Å². The summed E-state index contributed by atoms with van der Waals surface area (Å²) >= 11 is 0. The summed E-state index contributed by atoms with van der Waals surface area (Å²) in [5, 5.41) is 0. The van der Waals surface area contributed by atoms with E-state index >= 15 is 0 Å². The number of amides is 1. The molecule has 0 spiro atoms. The summed E-state index contributed by atoms with van der Waals surface area (Å²) in [7, 11) is -1.82. The maximum absolute atomic E-state index is 12.7. The first-order valence-electron chi connectivity index (χ1n) is 8.80. The molecule has 1 amide bonds. The zero-order valence-electron chi connectivity index (χ0n) is 15.6. The van der Waals surface area contributed by atoms with Gasteiger partial charge in [-0.1, -0.05) is 6.07 Å². The van der Waals surface area contributed by atoms with Crippen LogP contribution >= 0.6 is 0 Å². The molecule has 2 aromatic rings. The van der Waals surface area contributed by atoms with Crippen LogP contribution in [-0.4, -0.2) is 68.6 Å². The van der Waals surface area contributed by atoms with Gasteiger partial charge in [-0.25, -0.2) is 8.42 Å². The SMILES string of the molecule is CN(c1ccc(C(=O)N2CCN(Cc3ccccn3)CC2)cc1)S(C)(=O)=O. The molecule has 144 valence electrons. The van der Waals surface area contributed by atoms with E-state index in [1.165, 1.54) is 11.4 Å². The minimum atomic E-state index is -3.31. The summed E-state index contributed by atoms with van der Waals surface area (Å²) in [5.41, 5.74) is 2.14. The van der Waals surface area contributed by atoms with Crippen LogP contribution in [0.4, 0.5) is 5.69 Å². The minimum Gasteiger partial charge on any atom is -0.336 e. The molecule has 1 aliphatic heterocycles. The lowest BCUT2D eigenvalue weighted by molar-refractivity contribution is 0.0627. The molecule has 1 saturated heterocycles. The lowest BCUT2D eigenvalue weighted by Gasteiger charge is -2.34. The molecular weight excluding hydrogens is 364 g/mol. The summed E-state index contributed by atoms with van der Waals surface area (Å²) in [6.45, 7) is 3.72. The molecule has 0 aliphatic carbocycles. The molecule has 8 heteroatoms. The summed E-state index contributed by atoms with van der Waals surface area (Å²) < 4.78 is 24.4. The van der Waals surface area contributed by atoms with Gasteiger partial charge in [-0.15, -0.1) is 0 Å². The van der Waals surface area contributed by atoms with E-state index in [0.29, 0.717) is 24.3 Å². The highest BCUT2D eigenvalue weighted by atomic mass is 32.2. The molecular formula is C19H24N4O3S. The average Bonchev–Trinajstić information content (AvgIpc) is 2.68. The van der Waals surface area contributed by atoms with E-state index in [-0.39, 0.29) is 5.91 Å². The van der Waals surface area contributed by atoms with Crippen LogP contribution in [-0.2, 0) is 16.6 Å². The quantitative estimate of drug-likeness (QED) is 0.775. The van der Waals surface area contributed by atoms with Gasteiger partial charge in [0.1, 0.15) is 0 Å². The molecule has 0 unspecified atom stereocenters. The lowest BCUT2D eigenvalue weighted by Crippen LogP contribution is -2.48. The van der Waals surface area contributed by atoms with E-state index in [0.717, 1.165) is 31.6 Å². The third-order valence-electron chi connectivity index (χ3n) is 4.75. The number of rotatable bonds is 5. The van der Waals surface area contributed by atoms with Crippen LogP contribution in [0.1, 0.15) is 16.1 Å². The van der Waals surface area contributed by atoms with Crippen molar-refractivity contribution >= 4 is 21.6 Å². The van der Waals surface area contributed by atoms with Crippen molar-refractivity contribution in [1.29, 1.82) is 0 Å². The largest absolute Gasteiger partial charge is 0.336 e. The number of aromatic nitrogens is 1. The number of carbonyl (C=O) groups is 1. The fourth-order valence-corrected chi connectivity index (χ4v) is 3.52. The zero-order chi connectivity index (χ0) is 19.4. The smallest absolute Gasteiger partial charge is 0.253 e. The number of piperazine rings is 1. The molecule has 0 N–H and O–H groups in total. The first-order chi connectivity index (χ1) is 12.8. The average molecular weight is 388 g/mol. The second-order valence-electron chi connectivity index (χ2n) is 6.67. The molecule has 3 rings (SSSR count). The highest BCUT2D eigenvalue weighted by Crippen LogP contribution is 2.18. The number of hydrogen-bond acceptors (Lipinski definition) is 5. The maximum Gasteiger partial charge on any atom is 0.253 e. The Labute approximate surface area is 160 Å². The number of carbonyl (C=O) groups excluding carboxylic acids is 1. The second kappa shape index (κ2) is 8.06. The van der Waals surface area contributed by atoms with Crippen LogP contribution < -0.4 is 4.31 Å².